The molecule has 4 aromatic rings. The first-order chi connectivity index (χ1) is 24.1. The number of phenols is 2. The Bertz CT molecular complexity index is 2100. The predicted octanol–water partition coefficient (Wildman–Crippen LogP) is 6.30. The lowest BCUT2D eigenvalue weighted by molar-refractivity contribution is -0.140. The number of imide groups is 2. The molecule has 3 fully saturated rings. The van der Waals surface area contributed by atoms with Crippen molar-refractivity contribution in [3.8, 4) is 11.5 Å². The Kier molecular flexibility index (Phi) is 7.64. The highest BCUT2D eigenvalue weighted by Gasteiger charge is 2.70. The second-order valence-corrected chi connectivity index (χ2v) is 14.0. The first kappa shape index (κ1) is 32.0. The van der Waals surface area contributed by atoms with Crippen LogP contribution in [0.5, 0.6) is 11.5 Å². The van der Waals surface area contributed by atoms with E-state index in [4.69, 9.17) is 11.6 Å². The highest BCUT2D eigenvalue weighted by atomic mass is 35.5. The summed E-state index contributed by atoms with van der Waals surface area (Å²) < 4.78 is 15.2. The number of anilines is 1. The lowest BCUT2D eigenvalue weighted by atomic mass is 9.49. The van der Waals surface area contributed by atoms with Gasteiger partial charge in [0, 0.05) is 23.0 Å². The number of aromatic hydroxyl groups is 2. The van der Waals surface area contributed by atoms with Crippen LogP contribution in [-0.4, -0.2) is 45.3 Å². The minimum atomic E-state index is -1.62. The molecule has 4 aliphatic rings. The van der Waals surface area contributed by atoms with Gasteiger partial charge in [-0.15, -0.1) is 0 Å². The van der Waals surface area contributed by atoms with Crippen molar-refractivity contribution in [2.24, 2.45) is 23.7 Å². The van der Waals surface area contributed by atoms with E-state index in [1.165, 1.54) is 17.0 Å². The lowest BCUT2D eigenvalue weighted by Crippen LogP contribution is -2.53. The molecule has 10 heteroatoms. The van der Waals surface area contributed by atoms with Crippen LogP contribution in [0.2, 0.25) is 5.02 Å². The van der Waals surface area contributed by atoms with Gasteiger partial charge in [0.15, 0.2) is 11.6 Å². The fraction of sp³-hybridized carbons (Fsp3) is 0.250. The Morgan fingerprint density at radius 2 is 1.56 bits per heavy atom. The third-order valence-corrected chi connectivity index (χ3v) is 11.4. The van der Waals surface area contributed by atoms with E-state index in [0.29, 0.717) is 22.6 Å². The molecule has 0 spiro atoms. The fourth-order valence-electron chi connectivity index (χ4n) is 9.04. The summed E-state index contributed by atoms with van der Waals surface area (Å²) in [7, 11) is 0. The van der Waals surface area contributed by atoms with Gasteiger partial charge >= 0.3 is 0 Å². The lowest BCUT2D eigenvalue weighted by Gasteiger charge is -2.50. The average molecular weight is 691 g/mol. The number of fused-ring (bicyclic) bond motifs is 4. The SMILES string of the molecule is O=C1[C@H]2[C@H](CC=C3[C@H]2C[C@H]2C(=O)N(c4cccc(Cl)c4)C(=O)[C@@]2(c2ccccc2)[C@H]3c2cccc(F)c2O)C(=O)N1CCc1ccc(O)cc1. The van der Waals surface area contributed by atoms with Gasteiger partial charge in [-0.05, 0) is 72.7 Å². The van der Waals surface area contributed by atoms with Gasteiger partial charge in [0.2, 0.25) is 23.6 Å². The molecule has 2 N–H and O–H groups in total. The van der Waals surface area contributed by atoms with E-state index in [9.17, 15) is 24.6 Å². The van der Waals surface area contributed by atoms with Crippen LogP contribution in [0.15, 0.2) is 109 Å². The molecular formula is C40H32ClFN2O6. The van der Waals surface area contributed by atoms with E-state index in [1.807, 2.05) is 6.08 Å². The van der Waals surface area contributed by atoms with Crippen LogP contribution in [0.4, 0.5) is 10.1 Å². The molecule has 0 bridgehead atoms. The van der Waals surface area contributed by atoms with Crippen LogP contribution >= 0.6 is 11.6 Å². The van der Waals surface area contributed by atoms with E-state index in [-0.39, 0.29) is 48.2 Å². The third-order valence-electron chi connectivity index (χ3n) is 11.1. The number of likely N-dealkylation sites (tertiary alicyclic amines) is 1. The summed E-state index contributed by atoms with van der Waals surface area (Å²) in [5.74, 6) is -7.28. The summed E-state index contributed by atoms with van der Waals surface area (Å²) in [5.41, 5.74) is 0.784. The molecule has 252 valence electrons. The molecule has 4 amide bonds. The number of carbonyl (C=O) groups is 4. The summed E-state index contributed by atoms with van der Waals surface area (Å²) in [4.78, 5) is 60.5. The minimum absolute atomic E-state index is 0.0843. The molecule has 2 aliphatic carbocycles. The van der Waals surface area contributed by atoms with Gasteiger partial charge in [-0.2, -0.15) is 0 Å². The van der Waals surface area contributed by atoms with Crippen LogP contribution in [0.3, 0.4) is 0 Å². The number of allylic oxidation sites excluding steroid dienone is 2. The summed E-state index contributed by atoms with van der Waals surface area (Å²) in [6.07, 6.45) is 2.56. The standard InChI is InChI=1S/C40H32ClFN2O6/c41-24-8-4-9-25(20-24)44-37(48)31-21-30-27(16-17-28-33(30)38(49)43(36(28)47)19-18-22-12-14-26(45)15-13-22)34(29-10-5-11-32(42)35(29)46)40(31,39(44)50)23-6-2-1-3-7-23/h1-16,20,28,30-31,33-34,45-46H,17-19,21H2/t28-,30+,31-,33-,34+,40+/m0/s1. The van der Waals surface area contributed by atoms with Crippen molar-refractivity contribution in [3.05, 3.63) is 136 Å². The maximum absolute atomic E-state index is 15.2. The maximum atomic E-state index is 15.2. The molecular weight excluding hydrogens is 659 g/mol. The van der Waals surface area contributed by atoms with E-state index >= 15 is 9.18 Å². The molecule has 6 atom stereocenters. The number of para-hydroxylation sites is 1. The van der Waals surface area contributed by atoms with E-state index in [1.54, 1.807) is 78.9 Å². The fourth-order valence-corrected chi connectivity index (χ4v) is 9.23. The Hall–Kier alpha value is -5.28. The Balaban J connectivity index is 1.29. The molecule has 50 heavy (non-hydrogen) atoms. The van der Waals surface area contributed by atoms with E-state index < -0.39 is 58.4 Å². The van der Waals surface area contributed by atoms with Gasteiger partial charge in [0.05, 0.1) is 28.9 Å². The van der Waals surface area contributed by atoms with Gasteiger partial charge in [0.1, 0.15) is 5.75 Å². The van der Waals surface area contributed by atoms with Crippen LogP contribution in [0, 0.1) is 29.5 Å². The molecule has 0 aromatic heterocycles. The van der Waals surface area contributed by atoms with Crippen molar-refractivity contribution in [2.45, 2.75) is 30.6 Å². The summed E-state index contributed by atoms with van der Waals surface area (Å²) in [5, 5.41) is 21.3. The zero-order valence-corrected chi connectivity index (χ0v) is 27.5. The van der Waals surface area contributed by atoms with Crippen LogP contribution in [0.25, 0.3) is 0 Å². The second kappa shape index (κ2) is 11.9. The topological polar surface area (TPSA) is 115 Å². The highest BCUT2D eigenvalue weighted by Crippen LogP contribution is 2.65. The number of benzene rings is 4. The van der Waals surface area contributed by atoms with Crippen LogP contribution in [0.1, 0.15) is 35.4 Å². The summed E-state index contributed by atoms with van der Waals surface area (Å²) in [6, 6.07) is 26.0. The quantitative estimate of drug-likeness (QED) is 0.181. The molecule has 1 saturated carbocycles. The summed E-state index contributed by atoms with van der Waals surface area (Å²) in [6.45, 7) is 0.142. The molecule has 8 nitrogen and oxygen atoms in total. The highest BCUT2D eigenvalue weighted by molar-refractivity contribution is 6.32. The number of hydrogen-bond donors (Lipinski definition) is 2. The zero-order valence-electron chi connectivity index (χ0n) is 26.7. The van der Waals surface area contributed by atoms with Crippen molar-refractivity contribution < 1.29 is 33.8 Å². The molecule has 0 radical (unpaired) electrons. The smallest absolute Gasteiger partial charge is 0.246 e. The normalized spacial score (nSPS) is 27.2. The van der Waals surface area contributed by atoms with Crippen molar-refractivity contribution in [1.29, 1.82) is 0 Å². The van der Waals surface area contributed by atoms with Crippen molar-refractivity contribution in [3.63, 3.8) is 0 Å². The number of rotatable bonds is 6. The van der Waals surface area contributed by atoms with Gasteiger partial charge in [-0.3, -0.25) is 24.1 Å². The third kappa shape index (κ3) is 4.63. The number of nitrogens with zero attached hydrogens (tertiary/aromatic N) is 2. The molecule has 4 aromatic carbocycles. The Morgan fingerprint density at radius 3 is 2.30 bits per heavy atom. The average Bonchev–Trinajstić information content (AvgIpc) is 3.50. The van der Waals surface area contributed by atoms with Gasteiger partial charge in [0.25, 0.3) is 0 Å². The van der Waals surface area contributed by atoms with E-state index in [0.717, 1.165) is 16.5 Å². The van der Waals surface area contributed by atoms with Crippen molar-refractivity contribution in [1.82, 2.24) is 4.90 Å². The first-order valence-electron chi connectivity index (χ1n) is 16.6. The maximum Gasteiger partial charge on any atom is 0.246 e. The summed E-state index contributed by atoms with van der Waals surface area (Å²) >= 11 is 6.34. The predicted molar refractivity (Wildman–Crippen MR) is 183 cm³/mol. The van der Waals surface area contributed by atoms with E-state index in [2.05, 4.69) is 0 Å². The van der Waals surface area contributed by atoms with Crippen molar-refractivity contribution in [2.75, 3.05) is 11.4 Å². The molecule has 8 rings (SSSR count). The molecule has 2 saturated heterocycles. The number of hydrogen-bond acceptors (Lipinski definition) is 6. The van der Waals surface area contributed by atoms with Crippen molar-refractivity contribution >= 4 is 40.9 Å². The number of phenolic OH excluding ortho intramolecular Hbond substituents is 2. The minimum Gasteiger partial charge on any atom is -0.508 e. The van der Waals surface area contributed by atoms with Crippen LogP contribution in [-0.2, 0) is 31.0 Å². The Morgan fingerprint density at radius 1 is 0.820 bits per heavy atom. The monoisotopic (exact) mass is 690 g/mol. The van der Waals surface area contributed by atoms with Gasteiger partial charge < -0.3 is 10.2 Å². The van der Waals surface area contributed by atoms with Gasteiger partial charge in [-0.1, -0.05) is 83.9 Å². The largest absolute Gasteiger partial charge is 0.508 e. The molecule has 2 aliphatic heterocycles. The zero-order chi connectivity index (χ0) is 34.9. The first-order valence-corrected chi connectivity index (χ1v) is 17.0. The van der Waals surface area contributed by atoms with Gasteiger partial charge in [-0.25, -0.2) is 9.29 Å². The number of amides is 4. The second-order valence-electron chi connectivity index (χ2n) is 13.5. The molecule has 0 unspecified atom stereocenters. The number of carbonyl (C=O) groups excluding carboxylic acids is 4. The molecule has 2 heterocycles. The Labute approximate surface area is 292 Å². The number of halogens is 2. The van der Waals surface area contributed by atoms with Crippen LogP contribution < -0.4 is 4.90 Å².